The van der Waals surface area contributed by atoms with Crippen molar-refractivity contribution in [3.8, 4) is 0 Å². The van der Waals surface area contributed by atoms with E-state index in [0.29, 0.717) is 24.9 Å². The molecule has 4 aliphatic rings. The Labute approximate surface area is 256 Å². The third-order valence-electron chi connectivity index (χ3n) is 12.2. The quantitative estimate of drug-likeness (QED) is 0.197. The number of fused-ring (bicyclic) bond motifs is 5. The van der Waals surface area contributed by atoms with Gasteiger partial charge < -0.3 is 20.1 Å². The van der Waals surface area contributed by atoms with Gasteiger partial charge in [0.15, 0.2) is 0 Å². The molecule has 8 atom stereocenters. The maximum Gasteiger partial charge on any atom is 0.407 e. The highest BCUT2D eigenvalue weighted by molar-refractivity contribution is 5.67. The lowest BCUT2D eigenvalue weighted by Gasteiger charge is -2.59. The van der Waals surface area contributed by atoms with Crippen LogP contribution in [0.1, 0.15) is 132 Å². The van der Waals surface area contributed by atoms with E-state index >= 15 is 0 Å². The first-order valence-electron chi connectivity index (χ1n) is 17.3. The summed E-state index contributed by atoms with van der Waals surface area (Å²) in [5.74, 6) is 4.88. The largest absolute Gasteiger partial charge is 0.465 e. The Morgan fingerprint density at radius 3 is 2.45 bits per heavy atom. The molecule has 0 heterocycles. The van der Waals surface area contributed by atoms with Crippen molar-refractivity contribution in [2.45, 2.75) is 144 Å². The van der Waals surface area contributed by atoms with E-state index in [1.165, 1.54) is 56.9 Å². The average molecular weight is 587 g/mol. The van der Waals surface area contributed by atoms with Crippen molar-refractivity contribution >= 4 is 12.2 Å². The van der Waals surface area contributed by atoms with Gasteiger partial charge in [-0.2, -0.15) is 0 Å². The van der Waals surface area contributed by atoms with E-state index in [4.69, 9.17) is 4.74 Å². The van der Waals surface area contributed by atoms with Gasteiger partial charge in [-0.15, -0.1) is 0 Å². The molecule has 0 bridgehead atoms. The first-order chi connectivity index (χ1) is 19.7. The molecular formula is C36H62N2O4. The summed E-state index contributed by atoms with van der Waals surface area (Å²) in [5, 5.41) is 12.9. The van der Waals surface area contributed by atoms with Gasteiger partial charge in [-0.05, 0) is 125 Å². The maximum atomic E-state index is 12.3. The van der Waals surface area contributed by atoms with Crippen LogP contribution >= 0.6 is 0 Å². The number of ether oxygens (including phenoxy) is 1. The van der Waals surface area contributed by atoms with Crippen molar-refractivity contribution in [2.24, 2.45) is 46.3 Å². The fourth-order valence-electron chi connectivity index (χ4n) is 10.1. The molecule has 0 saturated heterocycles. The molecule has 0 radical (unpaired) electrons. The van der Waals surface area contributed by atoms with Gasteiger partial charge in [-0.1, -0.05) is 65.5 Å². The van der Waals surface area contributed by atoms with Crippen molar-refractivity contribution in [1.29, 1.82) is 0 Å². The molecular weight excluding hydrogens is 524 g/mol. The second-order valence-electron chi connectivity index (χ2n) is 16.4. The highest BCUT2D eigenvalue weighted by Crippen LogP contribution is 2.67. The normalized spacial score (nSPS) is 35.0. The maximum absolute atomic E-state index is 12.3. The monoisotopic (exact) mass is 586 g/mol. The van der Waals surface area contributed by atoms with Crippen molar-refractivity contribution in [3.63, 3.8) is 0 Å². The Morgan fingerprint density at radius 1 is 1.05 bits per heavy atom. The number of nitrogens with zero attached hydrogens (tertiary/aromatic N) is 1. The third-order valence-corrected chi connectivity index (χ3v) is 12.2. The third kappa shape index (κ3) is 7.15. The van der Waals surface area contributed by atoms with Crippen LogP contribution in [0.3, 0.4) is 0 Å². The number of carbonyl (C=O) groups is 2. The number of hydrogen-bond acceptors (Lipinski definition) is 3. The summed E-state index contributed by atoms with van der Waals surface area (Å²) in [7, 11) is 0. The Hall–Kier alpha value is -1.72. The van der Waals surface area contributed by atoms with Crippen LogP contribution in [0, 0.1) is 46.3 Å². The molecule has 0 aliphatic heterocycles. The molecule has 4 aliphatic carbocycles. The molecule has 6 nitrogen and oxygen atoms in total. The van der Waals surface area contributed by atoms with Crippen LogP contribution in [-0.2, 0) is 4.74 Å². The van der Waals surface area contributed by atoms with Gasteiger partial charge >= 0.3 is 12.2 Å². The number of carboxylic acid groups (broad SMARTS) is 1. The molecule has 0 unspecified atom stereocenters. The predicted octanol–water partition coefficient (Wildman–Crippen LogP) is 9.29. The standard InChI is InChI=1S/C36H62N2O4/c1-24(2)11-9-12-25(3)29-15-16-30-28-14-13-26-23-27(17-19-35(26,7)31(28)18-20-36(29,30)8)38(33(40)41)22-10-21-37-32(39)42-34(4,5)6/h13,24-25,27-31H,9-12,14-23H2,1-8H3,(H,37,39)(H,40,41)/t25-,27+,28+,29-,30+,31+,35+,36-/m1/s1. The van der Waals surface area contributed by atoms with Crippen LogP contribution in [0.15, 0.2) is 11.6 Å². The fraction of sp³-hybridized carbons (Fsp3) is 0.889. The molecule has 2 amide bonds. The number of allylic oxidation sites excluding steroid dienone is 1. The molecule has 42 heavy (non-hydrogen) atoms. The second-order valence-corrected chi connectivity index (χ2v) is 16.4. The molecule has 0 spiro atoms. The molecule has 0 aromatic carbocycles. The highest BCUT2D eigenvalue weighted by atomic mass is 16.6. The number of carbonyl (C=O) groups excluding carboxylic acids is 1. The lowest BCUT2D eigenvalue weighted by molar-refractivity contribution is -0.0541. The van der Waals surface area contributed by atoms with E-state index in [0.717, 1.165) is 54.8 Å². The summed E-state index contributed by atoms with van der Waals surface area (Å²) in [5.41, 5.74) is 1.69. The summed E-state index contributed by atoms with van der Waals surface area (Å²) < 4.78 is 5.31. The van der Waals surface area contributed by atoms with Gasteiger partial charge in [0.05, 0.1) is 0 Å². The Kier molecular flexibility index (Phi) is 10.4. The van der Waals surface area contributed by atoms with Crippen LogP contribution < -0.4 is 5.32 Å². The summed E-state index contributed by atoms with van der Waals surface area (Å²) in [6.07, 6.45) is 15.6. The van der Waals surface area contributed by atoms with E-state index < -0.39 is 17.8 Å². The molecule has 3 fully saturated rings. The second kappa shape index (κ2) is 13.1. The Balaban J connectivity index is 1.36. The van der Waals surface area contributed by atoms with Gasteiger partial charge in [0.2, 0.25) is 0 Å². The van der Waals surface area contributed by atoms with Gasteiger partial charge in [-0.25, -0.2) is 9.59 Å². The smallest absolute Gasteiger partial charge is 0.407 e. The van der Waals surface area contributed by atoms with Crippen LogP contribution in [0.4, 0.5) is 9.59 Å². The van der Waals surface area contributed by atoms with Crippen molar-refractivity contribution < 1.29 is 19.4 Å². The molecule has 6 heteroatoms. The lowest BCUT2D eigenvalue weighted by atomic mass is 9.46. The molecule has 2 N–H and O–H groups in total. The molecule has 0 aromatic heterocycles. The van der Waals surface area contributed by atoms with Gasteiger partial charge in [-0.3, -0.25) is 0 Å². The van der Waals surface area contributed by atoms with Gasteiger partial charge in [0.1, 0.15) is 5.60 Å². The van der Waals surface area contributed by atoms with Gasteiger partial charge in [0, 0.05) is 19.1 Å². The van der Waals surface area contributed by atoms with Crippen LogP contribution in [0.5, 0.6) is 0 Å². The molecule has 240 valence electrons. The van der Waals surface area contributed by atoms with Crippen molar-refractivity contribution in [3.05, 3.63) is 11.6 Å². The first kappa shape index (κ1) is 33.2. The van der Waals surface area contributed by atoms with E-state index in [1.807, 2.05) is 20.8 Å². The first-order valence-corrected chi connectivity index (χ1v) is 17.3. The molecule has 4 rings (SSSR count). The SMILES string of the molecule is CC(C)CCC[C@@H](C)[C@H]1CC[C@H]2[C@@H]3CC=C4C[C@@H](N(CCCNC(=O)OC(C)(C)C)C(=O)O)CC[C@]4(C)[C@H]3CC[C@]12C. The lowest BCUT2D eigenvalue weighted by Crippen LogP contribution is -2.52. The zero-order valence-electron chi connectivity index (χ0n) is 28.1. The van der Waals surface area contributed by atoms with Gasteiger partial charge in [0.25, 0.3) is 0 Å². The summed E-state index contributed by atoms with van der Waals surface area (Å²) in [6.45, 7) is 18.8. The zero-order valence-corrected chi connectivity index (χ0v) is 28.1. The van der Waals surface area contributed by atoms with E-state index in [2.05, 4.69) is 46.0 Å². The minimum Gasteiger partial charge on any atom is -0.465 e. The highest BCUT2D eigenvalue weighted by Gasteiger charge is 2.59. The number of hydrogen-bond donors (Lipinski definition) is 2. The van der Waals surface area contributed by atoms with Crippen LogP contribution in [-0.4, -0.2) is 46.9 Å². The Bertz CT molecular complexity index is 985. The van der Waals surface area contributed by atoms with Crippen LogP contribution in [0.2, 0.25) is 0 Å². The average Bonchev–Trinajstić information content (AvgIpc) is 3.24. The minimum absolute atomic E-state index is 0.0244. The van der Waals surface area contributed by atoms with Crippen molar-refractivity contribution in [2.75, 3.05) is 13.1 Å². The number of rotatable bonds is 10. The molecule has 3 saturated carbocycles. The van der Waals surface area contributed by atoms with Crippen molar-refractivity contribution in [1.82, 2.24) is 10.2 Å². The summed E-state index contributed by atoms with van der Waals surface area (Å²) in [6, 6.07) is 0.0244. The Morgan fingerprint density at radius 2 is 1.79 bits per heavy atom. The van der Waals surface area contributed by atoms with E-state index in [1.54, 1.807) is 4.90 Å². The topological polar surface area (TPSA) is 78.9 Å². The summed E-state index contributed by atoms with van der Waals surface area (Å²) in [4.78, 5) is 25.9. The predicted molar refractivity (Wildman–Crippen MR) is 170 cm³/mol. The minimum atomic E-state index is -0.844. The fourth-order valence-corrected chi connectivity index (χ4v) is 10.1. The van der Waals surface area contributed by atoms with Crippen LogP contribution in [0.25, 0.3) is 0 Å². The number of amides is 2. The summed E-state index contributed by atoms with van der Waals surface area (Å²) >= 11 is 0. The number of alkyl carbamates (subject to hydrolysis) is 1. The zero-order chi connectivity index (χ0) is 30.9. The van der Waals surface area contributed by atoms with E-state index in [9.17, 15) is 14.7 Å². The number of nitrogens with one attached hydrogen (secondary N) is 1. The molecule has 0 aromatic rings. The van der Waals surface area contributed by atoms with E-state index in [-0.39, 0.29) is 11.5 Å².